The summed E-state index contributed by atoms with van der Waals surface area (Å²) in [6.07, 6.45) is 6.33. The van der Waals surface area contributed by atoms with Gasteiger partial charge in [-0.25, -0.2) is 4.79 Å². The van der Waals surface area contributed by atoms with Gasteiger partial charge in [-0.1, -0.05) is 12.1 Å². The van der Waals surface area contributed by atoms with Gasteiger partial charge in [0.05, 0.1) is 30.5 Å². The highest BCUT2D eigenvalue weighted by atomic mass is 16.5. The van der Waals surface area contributed by atoms with Crippen molar-refractivity contribution in [2.24, 2.45) is 7.05 Å². The monoisotopic (exact) mass is 488 g/mol. The van der Waals surface area contributed by atoms with Crippen LogP contribution in [0.3, 0.4) is 0 Å². The Kier molecular flexibility index (Phi) is 6.29. The maximum Gasteiger partial charge on any atom is 0.330 e. The highest BCUT2D eigenvalue weighted by Crippen LogP contribution is 2.37. The van der Waals surface area contributed by atoms with Gasteiger partial charge in [0, 0.05) is 43.9 Å². The zero-order valence-electron chi connectivity index (χ0n) is 20.9. The molecule has 4 heterocycles. The van der Waals surface area contributed by atoms with E-state index in [-0.39, 0.29) is 17.8 Å². The molecule has 0 N–H and O–H groups in total. The number of hydrogen-bond acceptors (Lipinski definition) is 7. The summed E-state index contributed by atoms with van der Waals surface area (Å²) in [5, 5.41) is 9.69. The van der Waals surface area contributed by atoms with Gasteiger partial charge < -0.3 is 14.4 Å². The molecule has 188 valence electrons. The molecule has 3 aromatic heterocycles. The lowest BCUT2D eigenvalue weighted by molar-refractivity contribution is 0.00635. The third-order valence-electron chi connectivity index (χ3n) is 7.69. The summed E-state index contributed by atoms with van der Waals surface area (Å²) in [6, 6.07) is 10.3. The summed E-state index contributed by atoms with van der Waals surface area (Å²) in [4.78, 5) is 20.2. The van der Waals surface area contributed by atoms with Crippen molar-refractivity contribution in [3.05, 3.63) is 52.7 Å². The Morgan fingerprint density at radius 3 is 2.61 bits per heavy atom. The first-order chi connectivity index (χ1) is 17.6. The fourth-order valence-corrected chi connectivity index (χ4v) is 5.41. The Labute approximate surface area is 209 Å². The predicted octanol–water partition coefficient (Wildman–Crippen LogP) is 3.31. The molecule has 0 spiro atoms. The average molecular weight is 489 g/mol. The van der Waals surface area contributed by atoms with Crippen LogP contribution in [0.15, 0.2) is 41.3 Å². The van der Waals surface area contributed by atoms with Crippen LogP contribution in [0.4, 0.5) is 0 Å². The maximum atomic E-state index is 13.1. The topological polar surface area (TPSA) is 87.3 Å². The van der Waals surface area contributed by atoms with Crippen LogP contribution in [0, 0.1) is 0 Å². The number of rotatable bonds is 8. The third kappa shape index (κ3) is 4.21. The molecule has 0 radical (unpaired) electrons. The van der Waals surface area contributed by atoms with Gasteiger partial charge in [0.2, 0.25) is 0 Å². The Bertz CT molecular complexity index is 1430. The predicted molar refractivity (Wildman–Crippen MR) is 138 cm³/mol. The standard InChI is InChI=1S/C27H32N6O3/c1-31-26-25(33(27(31)34)21-14-22(15-21)35-2)23-13-18(6-8-24(23)29-30-26)19-5-7-20(28-16-19)17-36-12-11-32-9-3-4-10-32/h5-8,13,16,21-22H,3-4,9-12,14-15,17H2,1-2H3/t21-,22-. The first-order valence-electron chi connectivity index (χ1n) is 12.8. The van der Waals surface area contributed by atoms with Gasteiger partial charge in [0.1, 0.15) is 5.52 Å². The molecule has 2 fully saturated rings. The lowest BCUT2D eigenvalue weighted by atomic mass is 9.89. The van der Waals surface area contributed by atoms with Crippen LogP contribution in [-0.4, -0.2) is 68.7 Å². The van der Waals surface area contributed by atoms with E-state index in [2.05, 4.69) is 32.2 Å². The number of aromatic nitrogens is 5. The molecule has 2 aliphatic rings. The quantitative estimate of drug-likeness (QED) is 0.352. The first-order valence-corrected chi connectivity index (χ1v) is 12.8. The lowest BCUT2D eigenvalue weighted by Gasteiger charge is -2.34. The fraction of sp³-hybridized carbons (Fsp3) is 0.481. The Morgan fingerprint density at radius 1 is 1.06 bits per heavy atom. The minimum Gasteiger partial charge on any atom is -0.381 e. The average Bonchev–Trinajstić information content (AvgIpc) is 3.49. The number of pyridine rings is 1. The summed E-state index contributed by atoms with van der Waals surface area (Å²) < 4.78 is 14.8. The maximum absolute atomic E-state index is 13.1. The van der Waals surface area contributed by atoms with Crippen molar-refractivity contribution >= 4 is 22.1 Å². The molecule has 4 aromatic rings. The molecule has 0 unspecified atom stereocenters. The molecule has 6 rings (SSSR count). The van der Waals surface area contributed by atoms with E-state index in [4.69, 9.17) is 9.47 Å². The Hall–Kier alpha value is -3.14. The number of ether oxygens (including phenoxy) is 2. The van der Waals surface area contributed by atoms with Gasteiger partial charge in [-0.3, -0.25) is 14.1 Å². The van der Waals surface area contributed by atoms with Gasteiger partial charge in [0.25, 0.3) is 0 Å². The number of likely N-dealkylation sites (tertiary alicyclic amines) is 1. The smallest absolute Gasteiger partial charge is 0.330 e. The molecule has 1 saturated carbocycles. The van der Waals surface area contributed by atoms with Crippen LogP contribution in [0.5, 0.6) is 0 Å². The van der Waals surface area contributed by atoms with Gasteiger partial charge >= 0.3 is 5.69 Å². The largest absolute Gasteiger partial charge is 0.381 e. The van der Waals surface area contributed by atoms with Crippen LogP contribution < -0.4 is 5.69 Å². The van der Waals surface area contributed by atoms with Gasteiger partial charge in [0.15, 0.2) is 5.65 Å². The van der Waals surface area contributed by atoms with Crippen LogP contribution in [0.2, 0.25) is 0 Å². The van der Waals surface area contributed by atoms with E-state index < -0.39 is 0 Å². The van der Waals surface area contributed by atoms with E-state index >= 15 is 0 Å². The van der Waals surface area contributed by atoms with Crippen molar-refractivity contribution in [1.29, 1.82) is 0 Å². The Morgan fingerprint density at radius 2 is 1.86 bits per heavy atom. The highest BCUT2D eigenvalue weighted by molar-refractivity contribution is 6.02. The van der Waals surface area contributed by atoms with E-state index in [0.717, 1.165) is 59.2 Å². The van der Waals surface area contributed by atoms with Gasteiger partial charge in [-0.2, -0.15) is 0 Å². The van der Waals surface area contributed by atoms with Gasteiger partial charge in [-0.05, 0) is 62.5 Å². The number of methoxy groups -OCH3 is 1. The van der Waals surface area contributed by atoms with E-state index in [0.29, 0.717) is 12.3 Å². The molecule has 1 aliphatic carbocycles. The number of aryl methyl sites for hydroxylation is 1. The van der Waals surface area contributed by atoms with Crippen molar-refractivity contribution in [3.63, 3.8) is 0 Å². The van der Waals surface area contributed by atoms with Crippen LogP contribution in [0.25, 0.3) is 33.2 Å². The summed E-state index contributed by atoms with van der Waals surface area (Å²) in [5.41, 5.74) is 5.10. The van der Waals surface area contributed by atoms with Crippen molar-refractivity contribution in [2.75, 3.05) is 33.4 Å². The molecule has 1 aromatic carbocycles. The zero-order chi connectivity index (χ0) is 24.6. The summed E-state index contributed by atoms with van der Waals surface area (Å²) in [7, 11) is 3.48. The minimum absolute atomic E-state index is 0.0625. The molecule has 36 heavy (non-hydrogen) atoms. The molecular formula is C27H32N6O3. The molecule has 9 nitrogen and oxygen atoms in total. The molecule has 0 bridgehead atoms. The summed E-state index contributed by atoms with van der Waals surface area (Å²) >= 11 is 0. The zero-order valence-corrected chi connectivity index (χ0v) is 20.9. The molecule has 0 amide bonds. The number of fused-ring (bicyclic) bond motifs is 3. The summed E-state index contributed by atoms with van der Waals surface area (Å²) in [5.74, 6) is 0. The number of benzene rings is 1. The second-order valence-corrected chi connectivity index (χ2v) is 9.94. The second kappa shape index (κ2) is 9.72. The van der Waals surface area contributed by atoms with Crippen molar-refractivity contribution in [2.45, 2.75) is 44.4 Å². The van der Waals surface area contributed by atoms with Crippen molar-refractivity contribution in [1.82, 2.24) is 29.2 Å². The second-order valence-electron chi connectivity index (χ2n) is 9.94. The van der Waals surface area contributed by atoms with E-state index in [1.54, 1.807) is 18.7 Å². The van der Waals surface area contributed by atoms with E-state index in [1.807, 2.05) is 29.0 Å². The number of imidazole rings is 1. The third-order valence-corrected chi connectivity index (χ3v) is 7.69. The van der Waals surface area contributed by atoms with Gasteiger partial charge in [-0.15, -0.1) is 10.2 Å². The Balaban J connectivity index is 1.26. The summed E-state index contributed by atoms with van der Waals surface area (Å²) in [6.45, 7) is 4.61. The first kappa shape index (κ1) is 23.3. The minimum atomic E-state index is -0.0625. The van der Waals surface area contributed by atoms with Crippen LogP contribution >= 0.6 is 0 Å². The molecular weight excluding hydrogens is 456 g/mol. The normalized spacial score (nSPS) is 20.4. The van der Waals surface area contributed by atoms with E-state index in [1.165, 1.54) is 25.9 Å². The van der Waals surface area contributed by atoms with E-state index in [9.17, 15) is 4.79 Å². The fourth-order valence-electron chi connectivity index (χ4n) is 5.41. The molecule has 1 aliphatic heterocycles. The molecule has 1 saturated heterocycles. The number of hydrogen-bond donors (Lipinski definition) is 0. The molecule has 9 heteroatoms. The highest BCUT2D eigenvalue weighted by Gasteiger charge is 2.34. The van der Waals surface area contributed by atoms with Crippen molar-refractivity contribution < 1.29 is 9.47 Å². The SMILES string of the molecule is CO[C@H]1C[C@H](n2c(=O)n(C)c3nnc4ccc(-c5ccc(COCCN6CCCC6)nc5)cc4c32)C1. The molecule has 0 atom stereocenters. The lowest BCUT2D eigenvalue weighted by Crippen LogP contribution is -2.37. The van der Waals surface area contributed by atoms with Crippen LogP contribution in [-0.2, 0) is 23.1 Å². The van der Waals surface area contributed by atoms with Crippen molar-refractivity contribution in [3.8, 4) is 11.1 Å². The number of nitrogens with zero attached hydrogens (tertiary/aromatic N) is 6. The van der Waals surface area contributed by atoms with Crippen LogP contribution in [0.1, 0.15) is 37.4 Å².